The monoisotopic (exact) mass is 190 g/mol. The van der Waals surface area contributed by atoms with Crippen molar-refractivity contribution < 1.29 is 9.53 Å². The van der Waals surface area contributed by atoms with E-state index in [0.29, 0.717) is 12.2 Å². The zero-order valence-electron chi connectivity index (χ0n) is 8.49. The molecule has 0 fully saturated rings. The van der Waals surface area contributed by atoms with Gasteiger partial charge in [0, 0.05) is 5.56 Å². The third-order valence-corrected chi connectivity index (χ3v) is 1.74. The summed E-state index contributed by atoms with van der Waals surface area (Å²) in [6.45, 7) is 4.58. The Bertz CT molecular complexity index is 336. The lowest BCUT2D eigenvalue weighted by Gasteiger charge is -2.03. The predicted molar refractivity (Wildman–Crippen MR) is 56.8 cm³/mol. The van der Waals surface area contributed by atoms with Gasteiger partial charge in [0.25, 0.3) is 0 Å². The quantitative estimate of drug-likeness (QED) is 0.539. The lowest BCUT2D eigenvalue weighted by molar-refractivity contribution is 0.112. The second kappa shape index (κ2) is 5.22. The summed E-state index contributed by atoms with van der Waals surface area (Å²) in [7, 11) is 0. The number of hydrogen-bond acceptors (Lipinski definition) is 2. The third-order valence-electron chi connectivity index (χ3n) is 1.74. The third kappa shape index (κ3) is 3.44. The van der Waals surface area contributed by atoms with Crippen LogP contribution in [0.25, 0.3) is 0 Å². The molecule has 0 radical (unpaired) electrons. The Morgan fingerprint density at radius 1 is 1.43 bits per heavy atom. The largest absolute Gasteiger partial charge is 0.490 e. The summed E-state index contributed by atoms with van der Waals surface area (Å²) in [5.74, 6) is 0.729. The summed E-state index contributed by atoms with van der Waals surface area (Å²) in [5.41, 5.74) is 1.86. The minimum atomic E-state index is 0.546. The van der Waals surface area contributed by atoms with Crippen molar-refractivity contribution >= 4 is 6.29 Å². The fourth-order valence-corrected chi connectivity index (χ4v) is 0.982. The molecule has 1 aromatic carbocycles. The van der Waals surface area contributed by atoms with Crippen molar-refractivity contribution in [1.82, 2.24) is 0 Å². The summed E-state index contributed by atoms with van der Waals surface area (Å²) in [4.78, 5) is 10.5. The van der Waals surface area contributed by atoms with Crippen molar-refractivity contribution in [2.24, 2.45) is 0 Å². The van der Waals surface area contributed by atoms with Gasteiger partial charge in [0.2, 0.25) is 0 Å². The number of hydrogen-bond donors (Lipinski definition) is 0. The number of benzene rings is 1. The van der Waals surface area contributed by atoms with E-state index in [2.05, 4.69) is 0 Å². The first-order valence-corrected chi connectivity index (χ1v) is 4.54. The van der Waals surface area contributed by atoms with Crippen LogP contribution in [0.3, 0.4) is 0 Å². The highest BCUT2D eigenvalue weighted by atomic mass is 16.5. The molecule has 0 bridgehead atoms. The molecule has 0 amide bonds. The van der Waals surface area contributed by atoms with Crippen LogP contribution < -0.4 is 4.74 Å². The van der Waals surface area contributed by atoms with Crippen LogP contribution in [0, 0.1) is 0 Å². The highest BCUT2D eigenvalue weighted by Crippen LogP contribution is 2.11. The van der Waals surface area contributed by atoms with Crippen LogP contribution in [-0.2, 0) is 0 Å². The molecule has 0 N–H and O–H groups in total. The van der Waals surface area contributed by atoms with E-state index in [9.17, 15) is 4.79 Å². The zero-order valence-corrected chi connectivity index (χ0v) is 8.49. The number of allylic oxidation sites excluding steroid dienone is 1. The number of carbonyl (C=O) groups is 1. The van der Waals surface area contributed by atoms with Crippen molar-refractivity contribution in [3.8, 4) is 5.75 Å². The molecule has 0 aliphatic carbocycles. The topological polar surface area (TPSA) is 26.3 Å². The zero-order chi connectivity index (χ0) is 10.4. The van der Waals surface area contributed by atoms with Gasteiger partial charge in [-0.1, -0.05) is 17.7 Å². The molecule has 1 rings (SSSR count). The van der Waals surface area contributed by atoms with Gasteiger partial charge in [-0.2, -0.15) is 0 Å². The molecule has 0 aromatic heterocycles. The minimum absolute atomic E-state index is 0.546. The van der Waals surface area contributed by atoms with Crippen molar-refractivity contribution in [3.05, 3.63) is 41.5 Å². The van der Waals surface area contributed by atoms with Crippen molar-refractivity contribution in [2.75, 3.05) is 6.61 Å². The van der Waals surface area contributed by atoms with Crippen LogP contribution in [-0.4, -0.2) is 12.9 Å². The van der Waals surface area contributed by atoms with Crippen LogP contribution in [0.4, 0.5) is 0 Å². The molecule has 0 unspecified atom stereocenters. The Labute approximate surface area is 84.2 Å². The summed E-state index contributed by atoms with van der Waals surface area (Å²) < 4.78 is 5.42. The Morgan fingerprint density at radius 3 is 2.86 bits per heavy atom. The van der Waals surface area contributed by atoms with Crippen LogP contribution in [0.15, 0.2) is 35.9 Å². The van der Waals surface area contributed by atoms with Gasteiger partial charge in [0.1, 0.15) is 18.6 Å². The molecular weight excluding hydrogens is 176 g/mol. The maximum Gasteiger partial charge on any atom is 0.150 e. The smallest absolute Gasteiger partial charge is 0.150 e. The van der Waals surface area contributed by atoms with E-state index >= 15 is 0 Å². The lowest BCUT2D eigenvalue weighted by Crippen LogP contribution is -1.94. The van der Waals surface area contributed by atoms with Gasteiger partial charge >= 0.3 is 0 Å². The Hall–Kier alpha value is -1.57. The maximum atomic E-state index is 10.5. The average Bonchev–Trinajstić information content (AvgIpc) is 2.18. The second-order valence-corrected chi connectivity index (χ2v) is 3.28. The van der Waals surface area contributed by atoms with Gasteiger partial charge in [0.15, 0.2) is 0 Å². The number of ether oxygens (including phenoxy) is 1. The first-order valence-electron chi connectivity index (χ1n) is 4.54. The number of rotatable bonds is 4. The Morgan fingerprint density at radius 2 is 2.21 bits per heavy atom. The van der Waals surface area contributed by atoms with Gasteiger partial charge in [-0.05, 0) is 32.1 Å². The van der Waals surface area contributed by atoms with Crippen LogP contribution in [0.5, 0.6) is 5.75 Å². The lowest BCUT2D eigenvalue weighted by atomic mass is 10.2. The van der Waals surface area contributed by atoms with Crippen LogP contribution in [0.2, 0.25) is 0 Å². The second-order valence-electron chi connectivity index (χ2n) is 3.28. The predicted octanol–water partition coefficient (Wildman–Crippen LogP) is 2.84. The fraction of sp³-hybridized carbons (Fsp3) is 0.250. The number of carbonyl (C=O) groups excluding carboxylic acids is 1. The molecule has 0 atom stereocenters. The molecule has 74 valence electrons. The molecule has 2 nitrogen and oxygen atoms in total. The molecule has 14 heavy (non-hydrogen) atoms. The first kappa shape index (κ1) is 10.5. The van der Waals surface area contributed by atoms with Gasteiger partial charge in [-0.3, -0.25) is 4.79 Å². The minimum Gasteiger partial charge on any atom is -0.490 e. The van der Waals surface area contributed by atoms with E-state index < -0.39 is 0 Å². The molecule has 1 aromatic rings. The average molecular weight is 190 g/mol. The van der Waals surface area contributed by atoms with Gasteiger partial charge in [-0.25, -0.2) is 0 Å². The fourth-order valence-electron chi connectivity index (χ4n) is 0.982. The molecule has 0 saturated heterocycles. The standard InChI is InChI=1S/C12H14O2/c1-10(2)6-7-14-12-5-3-4-11(8-12)9-13/h3-6,8-9H,7H2,1-2H3. The first-order chi connectivity index (χ1) is 6.72. The molecule has 2 heteroatoms. The van der Waals surface area contributed by atoms with E-state index in [1.807, 2.05) is 32.1 Å². The van der Waals surface area contributed by atoms with E-state index in [0.717, 1.165) is 12.0 Å². The summed E-state index contributed by atoms with van der Waals surface area (Å²) in [6, 6.07) is 7.13. The highest BCUT2D eigenvalue weighted by Gasteiger charge is 1.93. The van der Waals surface area contributed by atoms with Crippen LogP contribution >= 0.6 is 0 Å². The van der Waals surface area contributed by atoms with E-state index in [1.165, 1.54) is 5.57 Å². The summed E-state index contributed by atoms with van der Waals surface area (Å²) in [6.07, 6.45) is 2.81. The molecule has 0 aliphatic rings. The van der Waals surface area contributed by atoms with Crippen molar-refractivity contribution in [2.45, 2.75) is 13.8 Å². The van der Waals surface area contributed by atoms with E-state index in [4.69, 9.17) is 4.74 Å². The molecule has 0 heterocycles. The summed E-state index contributed by atoms with van der Waals surface area (Å²) in [5, 5.41) is 0. The molecule has 0 aliphatic heterocycles. The van der Waals surface area contributed by atoms with Crippen molar-refractivity contribution in [1.29, 1.82) is 0 Å². The van der Waals surface area contributed by atoms with Gasteiger partial charge in [0.05, 0.1) is 0 Å². The maximum absolute atomic E-state index is 10.5. The Balaban J connectivity index is 2.58. The van der Waals surface area contributed by atoms with E-state index in [1.54, 1.807) is 12.1 Å². The number of aldehydes is 1. The summed E-state index contributed by atoms with van der Waals surface area (Å²) >= 11 is 0. The van der Waals surface area contributed by atoms with Crippen molar-refractivity contribution in [3.63, 3.8) is 0 Å². The molecule has 0 spiro atoms. The van der Waals surface area contributed by atoms with E-state index in [-0.39, 0.29) is 0 Å². The normalized spacial score (nSPS) is 9.29. The molecular formula is C12H14O2. The Kier molecular flexibility index (Phi) is 3.92. The highest BCUT2D eigenvalue weighted by molar-refractivity contribution is 5.75. The van der Waals surface area contributed by atoms with Gasteiger partial charge in [-0.15, -0.1) is 0 Å². The SMILES string of the molecule is CC(C)=CCOc1cccc(C=O)c1. The van der Waals surface area contributed by atoms with Gasteiger partial charge < -0.3 is 4.74 Å². The molecule has 0 saturated carbocycles. The van der Waals surface area contributed by atoms with Crippen LogP contribution in [0.1, 0.15) is 24.2 Å².